The topological polar surface area (TPSA) is 84.1 Å². The molecule has 2 aromatic carbocycles. The van der Waals surface area contributed by atoms with E-state index in [0.29, 0.717) is 19.5 Å². The molecular weight excluding hydrogens is 340 g/mol. The van der Waals surface area contributed by atoms with Crippen molar-refractivity contribution in [1.29, 1.82) is 0 Å². The van der Waals surface area contributed by atoms with E-state index in [1.807, 2.05) is 64.1 Å². The lowest BCUT2D eigenvalue weighted by Crippen LogP contribution is -2.41. The Morgan fingerprint density at radius 1 is 1.07 bits per heavy atom. The first-order chi connectivity index (χ1) is 13.1. The van der Waals surface area contributed by atoms with Gasteiger partial charge in [-0.1, -0.05) is 42.5 Å². The minimum Gasteiger partial charge on any atom is -0.342 e. The number of nitrogens with two attached hydrogens (primary N) is 1. The minimum atomic E-state index is -0.285. The number of benzene rings is 2. The fraction of sp³-hybridized carbons (Fsp3) is 0.333. The Morgan fingerprint density at radius 3 is 2.48 bits per heavy atom. The maximum atomic E-state index is 12.6. The van der Waals surface area contributed by atoms with Crippen molar-refractivity contribution in [2.24, 2.45) is 5.73 Å². The van der Waals surface area contributed by atoms with Crippen LogP contribution in [0, 0.1) is 0 Å². The minimum absolute atomic E-state index is 0.0768. The van der Waals surface area contributed by atoms with Crippen molar-refractivity contribution in [1.82, 2.24) is 14.5 Å². The summed E-state index contributed by atoms with van der Waals surface area (Å²) in [5, 5.41) is 0. The number of fused-ring (bicyclic) bond motifs is 1. The Hall–Kier alpha value is -2.86. The second-order valence-corrected chi connectivity index (χ2v) is 7.15. The Bertz CT molecular complexity index is 984. The van der Waals surface area contributed by atoms with Crippen LogP contribution in [0.3, 0.4) is 0 Å². The van der Waals surface area contributed by atoms with Crippen molar-refractivity contribution >= 4 is 16.9 Å². The zero-order valence-corrected chi connectivity index (χ0v) is 15.2. The monoisotopic (exact) mass is 364 g/mol. The van der Waals surface area contributed by atoms with Crippen LogP contribution in [0.15, 0.2) is 59.4 Å². The van der Waals surface area contributed by atoms with Gasteiger partial charge in [-0.2, -0.15) is 0 Å². The van der Waals surface area contributed by atoms with E-state index in [-0.39, 0.29) is 23.7 Å². The smallest absolute Gasteiger partial charge is 0.326 e. The Labute approximate surface area is 157 Å². The summed E-state index contributed by atoms with van der Waals surface area (Å²) in [5.41, 5.74) is 8.88. The molecule has 1 aromatic heterocycles. The molecule has 0 aliphatic carbocycles. The van der Waals surface area contributed by atoms with Gasteiger partial charge in [-0.15, -0.1) is 0 Å². The number of H-pyrrole nitrogens is 1. The third kappa shape index (κ3) is 3.53. The second kappa shape index (κ2) is 7.40. The second-order valence-electron chi connectivity index (χ2n) is 7.15. The van der Waals surface area contributed by atoms with E-state index in [1.54, 1.807) is 0 Å². The molecule has 4 rings (SSSR count). The van der Waals surface area contributed by atoms with Crippen molar-refractivity contribution in [2.75, 3.05) is 13.1 Å². The fourth-order valence-electron chi connectivity index (χ4n) is 3.95. The highest BCUT2D eigenvalue weighted by Crippen LogP contribution is 2.26. The molecule has 1 saturated heterocycles. The number of likely N-dealkylation sites (tertiary alicyclic amines) is 1. The first-order valence-corrected chi connectivity index (χ1v) is 9.41. The average molecular weight is 364 g/mol. The van der Waals surface area contributed by atoms with Gasteiger partial charge in [-0.05, 0) is 30.5 Å². The molecule has 3 aromatic rings. The number of carbonyl (C=O) groups is 1. The molecule has 0 bridgehead atoms. The number of nitrogens with zero attached hydrogens (tertiary/aromatic N) is 2. The van der Waals surface area contributed by atoms with Crippen molar-refractivity contribution in [2.45, 2.75) is 31.3 Å². The Morgan fingerprint density at radius 2 is 1.74 bits per heavy atom. The predicted octanol–water partition coefficient (Wildman–Crippen LogP) is 2.58. The fourth-order valence-corrected chi connectivity index (χ4v) is 3.95. The van der Waals surface area contributed by atoms with Crippen LogP contribution in [0.1, 0.15) is 36.9 Å². The highest BCUT2D eigenvalue weighted by Gasteiger charge is 2.26. The zero-order valence-electron chi connectivity index (χ0n) is 15.2. The number of piperidine rings is 1. The molecule has 1 aliphatic heterocycles. The molecule has 0 spiro atoms. The average Bonchev–Trinajstić information content (AvgIpc) is 3.04. The lowest BCUT2D eigenvalue weighted by Gasteiger charge is -2.33. The molecule has 0 radical (unpaired) electrons. The van der Waals surface area contributed by atoms with Gasteiger partial charge < -0.3 is 15.6 Å². The van der Waals surface area contributed by atoms with Crippen molar-refractivity contribution in [3.63, 3.8) is 0 Å². The number of amides is 1. The number of hydrogen-bond acceptors (Lipinski definition) is 3. The molecule has 3 N–H and O–H groups in total. The largest absolute Gasteiger partial charge is 0.342 e. The summed E-state index contributed by atoms with van der Waals surface area (Å²) in [4.78, 5) is 29.8. The van der Waals surface area contributed by atoms with E-state index in [4.69, 9.17) is 5.73 Å². The first kappa shape index (κ1) is 17.5. The van der Waals surface area contributed by atoms with Crippen LogP contribution >= 0.6 is 0 Å². The summed E-state index contributed by atoms with van der Waals surface area (Å²) in [6, 6.07) is 17.3. The highest BCUT2D eigenvalue weighted by atomic mass is 16.2. The molecule has 2 heterocycles. The van der Waals surface area contributed by atoms with E-state index >= 15 is 0 Å². The van der Waals surface area contributed by atoms with Gasteiger partial charge in [-0.3, -0.25) is 9.36 Å². The Balaban J connectivity index is 1.40. The summed E-state index contributed by atoms with van der Waals surface area (Å²) in [6.45, 7) is 1.30. The lowest BCUT2D eigenvalue weighted by molar-refractivity contribution is -0.132. The number of imidazole rings is 1. The van der Waals surface area contributed by atoms with E-state index in [1.165, 1.54) is 0 Å². The van der Waals surface area contributed by atoms with Gasteiger partial charge in [0.05, 0.1) is 11.0 Å². The molecule has 27 heavy (non-hydrogen) atoms. The number of carbonyl (C=O) groups excluding carboxylic acids is 1. The molecule has 1 fully saturated rings. The van der Waals surface area contributed by atoms with Gasteiger partial charge >= 0.3 is 5.69 Å². The zero-order chi connectivity index (χ0) is 18.8. The van der Waals surface area contributed by atoms with Crippen LogP contribution in [-0.4, -0.2) is 33.4 Å². The molecule has 6 heteroatoms. The molecule has 0 saturated carbocycles. The number of aromatic amines is 1. The number of hydrogen-bond donors (Lipinski definition) is 2. The standard InChI is InChI=1S/C21H24N4O2/c22-17(15-6-2-1-3-7-15)14-20(26)24-12-10-16(11-13-24)25-19-9-5-4-8-18(19)23-21(25)27/h1-9,16-17H,10-14,22H2,(H,23,27). The molecule has 6 nitrogen and oxygen atoms in total. The maximum absolute atomic E-state index is 12.6. The molecule has 1 amide bonds. The quantitative estimate of drug-likeness (QED) is 0.746. The molecule has 1 atom stereocenters. The van der Waals surface area contributed by atoms with E-state index in [2.05, 4.69) is 4.98 Å². The molecule has 140 valence electrons. The van der Waals surface area contributed by atoms with E-state index < -0.39 is 0 Å². The van der Waals surface area contributed by atoms with Crippen LogP contribution in [-0.2, 0) is 4.79 Å². The van der Waals surface area contributed by atoms with Crippen molar-refractivity contribution in [3.05, 3.63) is 70.6 Å². The number of aromatic nitrogens is 2. The third-order valence-electron chi connectivity index (χ3n) is 5.43. The predicted molar refractivity (Wildman–Crippen MR) is 105 cm³/mol. The van der Waals surface area contributed by atoms with Gasteiger partial charge in [0.15, 0.2) is 0 Å². The molecule has 1 aliphatic rings. The van der Waals surface area contributed by atoms with Gasteiger partial charge in [-0.25, -0.2) is 4.79 Å². The summed E-state index contributed by atoms with van der Waals surface area (Å²) in [7, 11) is 0. The maximum Gasteiger partial charge on any atom is 0.326 e. The van der Waals surface area contributed by atoms with E-state index in [0.717, 1.165) is 29.4 Å². The molecule has 1 unspecified atom stereocenters. The van der Waals surface area contributed by atoms with Crippen LogP contribution in [0.4, 0.5) is 0 Å². The summed E-state index contributed by atoms with van der Waals surface area (Å²) >= 11 is 0. The summed E-state index contributed by atoms with van der Waals surface area (Å²) in [5.74, 6) is 0.0797. The number of rotatable bonds is 4. The normalized spacial score (nSPS) is 16.6. The van der Waals surface area contributed by atoms with Gasteiger partial charge in [0.1, 0.15) is 0 Å². The van der Waals surface area contributed by atoms with Crippen molar-refractivity contribution in [3.8, 4) is 0 Å². The Kier molecular flexibility index (Phi) is 4.81. The van der Waals surface area contributed by atoms with Gasteiger partial charge in [0.25, 0.3) is 0 Å². The van der Waals surface area contributed by atoms with Crippen LogP contribution in [0.2, 0.25) is 0 Å². The third-order valence-corrected chi connectivity index (χ3v) is 5.43. The van der Waals surface area contributed by atoms with Crippen molar-refractivity contribution < 1.29 is 4.79 Å². The van der Waals surface area contributed by atoms with E-state index in [9.17, 15) is 9.59 Å². The van der Waals surface area contributed by atoms with Crippen LogP contribution in [0.5, 0.6) is 0 Å². The lowest BCUT2D eigenvalue weighted by atomic mass is 10.0. The van der Waals surface area contributed by atoms with Crippen LogP contribution < -0.4 is 11.4 Å². The summed E-state index contributed by atoms with van der Waals surface area (Å²) in [6.07, 6.45) is 1.85. The number of nitrogens with one attached hydrogen (secondary N) is 1. The highest BCUT2D eigenvalue weighted by molar-refractivity contribution is 5.77. The first-order valence-electron chi connectivity index (χ1n) is 9.41. The SMILES string of the molecule is NC(CC(=O)N1CCC(n2c(=O)[nH]c3ccccc32)CC1)c1ccccc1. The summed E-state index contributed by atoms with van der Waals surface area (Å²) < 4.78 is 1.84. The van der Waals surface area contributed by atoms with Gasteiger partial charge in [0.2, 0.25) is 5.91 Å². The van der Waals surface area contributed by atoms with Gasteiger partial charge in [0, 0.05) is 31.6 Å². The molecular formula is C21H24N4O2. The number of para-hydroxylation sites is 2. The van der Waals surface area contributed by atoms with Crippen LogP contribution in [0.25, 0.3) is 11.0 Å².